The molecule has 1 fully saturated rings. The molecular formula is C20H30IN5. The van der Waals surface area contributed by atoms with Crippen molar-refractivity contribution in [3.63, 3.8) is 0 Å². The molecule has 0 saturated carbocycles. The van der Waals surface area contributed by atoms with E-state index in [4.69, 9.17) is 5.73 Å². The number of aliphatic imine (C=N–C) groups is 1. The van der Waals surface area contributed by atoms with Gasteiger partial charge in [-0.25, -0.2) is 4.68 Å². The van der Waals surface area contributed by atoms with E-state index in [2.05, 4.69) is 47.2 Å². The van der Waals surface area contributed by atoms with Crippen LogP contribution in [0.15, 0.2) is 41.5 Å². The van der Waals surface area contributed by atoms with Crippen LogP contribution in [0.25, 0.3) is 5.69 Å². The predicted octanol–water partition coefficient (Wildman–Crippen LogP) is 3.78. The normalized spacial score (nSPS) is 17.8. The summed E-state index contributed by atoms with van der Waals surface area (Å²) in [6.45, 7) is 7.21. The minimum Gasteiger partial charge on any atom is -0.370 e. The largest absolute Gasteiger partial charge is 0.370 e. The lowest BCUT2D eigenvalue weighted by Gasteiger charge is -2.31. The van der Waals surface area contributed by atoms with Crippen LogP contribution >= 0.6 is 24.0 Å². The molecule has 26 heavy (non-hydrogen) atoms. The van der Waals surface area contributed by atoms with Crippen molar-refractivity contribution in [2.45, 2.75) is 39.5 Å². The topological polar surface area (TPSA) is 59.4 Å². The van der Waals surface area contributed by atoms with E-state index in [1.54, 1.807) is 0 Å². The van der Waals surface area contributed by atoms with Gasteiger partial charge in [0.05, 0.1) is 11.4 Å². The number of aromatic nitrogens is 2. The Hall–Kier alpha value is -1.57. The molecule has 142 valence electrons. The molecule has 1 aromatic heterocycles. The van der Waals surface area contributed by atoms with Crippen molar-refractivity contribution >= 4 is 29.9 Å². The molecule has 0 amide bonds. The Morgan fingerprint density at radius 1 is 1.31 bits per heavy atom. The highest BCUT2D eigenvalue weighted by atomic mass is 127. The van der Waals surface area contributed by atoms with Crippen LogP contribution in [-0.4, -0.2) is 40.3 Å². The smallest absolute Gasteiger partial charge is 0.191 e. The molecule has 6 heteroatoms. The van der Waals surface area contributed by atoms with Gasteiger partial charge in [0, 0.05) is 25.8 Å². The Morgan fingerprint density at radius 3 is 2.81 bits per heavy atom. The van der Waals surface area contributed by atoms with Gasteiger partial charge in [-0.1, -0.05) is 25.1 Å². The summed E-state index contributed by atoms with van der Waals surface area (Å²) in [5.41, 5.74) is 9.63. The predicted molar refractivity (Wildman–Crippen MR) is 118 cm³/mol. The minimum absolute atomic E-state index is 0. The lowest BCUT2D eigenvalue weighted by molar-refractivity contribution is 0.270. The van der Waals surface area contributed by atoms with E-state index in [0.717, 1.165) is 43.9 Å². The van der Waals surface area contributed by atoms with Gasteiger partial charge in [0.15, 0.2) is 5.96 Å². The van der Waals surface area contributed by atoms with E-state index in [1.165, 1.54) is 18.4 Å². The zero-order valence-corrected chi connectivity index (χ0v) is 18.1. The van der Waals surface area contributed by atoms with Crippen LogP contribution in [0.4, 0.5) is 0 Å². The van der Waals surface area contributed by atoms with Crippen LogP contribution in [0.1, 0.15) is 37.4 Å². The maximum absolute atomic E-state index is 6.16. The Balaban J connectivity index is 0.00000243. The van der Waals surface area contributed by atoms with Crippen molar-refractivity contribution in [2.24, 2.45) is 16.6 Å². The molecule has 5 nitrogen and oxygen atoms in total. The molecule has 1 aromatic carbocycles. The van der Waals surface area contributed by atoms with Gasteiger partial charge in [-0.3, -0.25) is 4.99 Å². The van der Waals surface area contributed by atoms with Gasteiger partial charge >= 0.3 is 0 Å². The fraction of sp³-hybridized carbons (Fsp3) is 0.500. The minimum atomic E-state index is 0. The molecule has 1 unspecified atom stereocenters. The van der Waals surface area contributed by atoms with E-state index in [9.17, 15) is 0 Å². The zero-order valence-electron chi connectivity index (χ0n) is 15.8. The maximum Gasteiger partial charge on any atom is 0.191 e. The highest BCUT2D eigenvalue weighted by Crippen LogP contribution is 2.15. The van der Waals surface area contributed by atoms with Crippen LogP contribution < -0.4 is 5.73 Å². The Morgan fingerprint density at radius 2 is 2.08 bits per heavy atom. The number of nitrogens with two attached hydrogens (primary N) is 1. The summed E-state index contributed by atoms with van der Waals surface area (Å²) in [6, 6.07) is 10.2. The molecular weight excluding hydrogens is 437 g/mol. The molecule has 1 aliphatic rings. The van der Waals surface area contributed by atoms with E-state index in [0.29, 0.717) is 11.9 Å². The third kappa shape index (κ3) is 5.46. The van der Waals surface area contributed by atoms with Crippen molar-refractivity contribution in [1.29, 1.82) is 0 Å². The summed E-state index contributed by atoms with van der Waals surface area (Å²) in [5.74, 6) is 1.43. The van der Waals surface area contributed by atoms with Crippen molar-refractivity contribution < 1.29 is 0 Å². The average molecular weight is 467 g/mol. The van der Waals surface area contributed by atoms with Crippen molar-refractivity contribution in [2.75, 3.05) is 19.6 Å². The Labute approximate surface area is 173 Å². The number of hydrogen-bond donors (Lipinski definition) is 1. The fourth-order valence-corrected chi connectivity index (χ4v) is 3.41. The first-order valence-corrected chi connectivity index (χ1v) is 9.29. The van der Waals surface area contributed by atoms with Gasteiger partial charge < -0.3 is 10.6 Å². The number of nitrogens with zero attached hydrogens (tertiary/aromatic N) is 4. The molecule has 1 atom stereocenters. The van der Waals surface area contributed by atoms with Gasteiger partial charge in [-0.2, -0.15) is 5.10 Å². The first-order chi connectivity index (χ1) is 12.1. The van der Waals surface area contributed by atoms with Gasteiger partial charge in [-0.15, -0.1) is 24.0 Å². The molecule has 2 N–H and O–H groups in total. The zero-order chi connectivity index (χ0) is 17.6. The summed E-state index contributed by atoms with van der Waals surface area (Å²) < 4.78 is 1.96. The number of benzene rings is 1. The number of aryl methyl sites for hydroxylation is 2. The van der Waals surface area contributed by atoms with Crippen LogP contribution in [0, 0.1) is 12.8 Å². The summed E-state index contributed by atoms with van der Waals surface area (Å²) in [6.07, 6.45) is 6.62. The molecule has 0 aliphatic carbocycles. The number of likely N-dealkylation sites (tertiary alicyclic amines) is 1. The Bertz CT molecular complexity index is 710. The number of rotatable bonds is 5. The number of para-hydroxylation sites is 1. The van der Waals surface area contributed by atoms with E-state index in [1.807, 2.05) is 22.9 Å². The van der Waals surface area contributed by atoms with Gasteiger partial charge in [0.2, 0.25) is 0 Å². The third-order valence-corrected chi connectivity index (χ3v) is 4.88. The van der Waals surface area contributed by atoms with Gasteiger partial charge in [-0.05, 0) is 56.2 Å². The van der Waals surface area contributed by atoms with Gasteiger partial charge in [0.25, 0.3) is 0 Å². The van der Waals surface area contributed by atoms with Crippen LogP contribution in [0.5, 0.6) is 0 Å². The summed E-state index contributed by atoms with van der Waals surface area (Å²) in [4.78, 5) is 6.81. The second-order valence-corrected chi connectivity index (χ2v) is 7.06. The third-order valence-electron chi connectivity index (χ3n) is 4.88. The van der Waals surface area contributed by atoms with E-state index >= 15 is 0 Å². The lowest BCUT2D eigenvalue weighted by atomic mass is 10.0. The quantitative estimate of drug-likeness (QED) is 0.315. The first kappa shape index (κ1) is 20.7. The van der Waals surface area contributed by atoms with Crippen molar-refractivity contribution in [1.82, 2.24) is 14.7 Å². The van der Waals surface area contributed by atoms with Crippen LogP contribution in [-0.2, 0) is 6.42 Å². The molecule has 0 bridgehead atoms. The second-order valence-electron chi connectivity index (χ2n) is 7.06. The lowest BCUT2D eigenvalue weighted by Crippen LogP contribution is -2.43. The maximum atomic E-state index is 6.16. The molecule has 2 aromatic rings. The molecule has 0 radical (unpaired) electrons. The SMILES string of the molecule is Cc1nn(-c2ccccc2)cc1CCCN=C(N)N1CCCC(C)C1.I. The summed E-state index contributed by atoms with van der Waals surface area (Å²) in [5, 5.41) is 4.62. The van der Waals surface area contributed by atoms with Crippen molar-refractivity contribution in [3.05, 3.63) is 47.8 Å². The van der Waals surface area contributed by atoms with Crippen molar-refractivity contribution in [3.8, 4) is 5.69 Å². The molecule has 2 heterocycles. The molecule has 1 aliphatic heterocycles. The summed E-state index contributed by atoms with van der Waals surface area (Å²) >= 11 is 0. The molecule has 1 saturated heterocycles. The summed E-state index contributed by atoms with van der Waals surface area (Å²) in [7, 11) is 0. The van der Waals surface area contributed by atoms with Gasteiger partial charge in [0.1, 0.15) is 0 Å². The van der Waals surface area contributed by atoms with Crippen LogP contribution in [0.3, 0.4) is 0 Å². The number of halogens is 1. The standard InChI is InChI=1S/C20H29N5.HI/c1-16-8-7-13-24(14-16)20(21)22-12-6-9-18-15-25(23-17(18)2)19-10-4-3-5-11-19;/h3-5,10-11,15-16H,6-9,12-14H2,1-2H3,(H2,21,22);1H. The monoisotopic (exact) mass is 467 g/mol. The van der Waals surface area contributed by atoms with E-state index in [-0.39, 0.29) is 24.0 Å². The average Bonchev–Trinajstić information content (AvgIpc) is 3.00. The number of hydrogen-bond acceptors (Lipinski definition) is 2. The first-order valence-electron chi connectivity index (χ1n) is 9.29. The van der Waals surface area contributed by atoms with Crippen LogP contribution in [0.2, 0.25) is 0 Å². The van der Waals surface area contributed by atoms with E-state index < -0.39 is 0 Å². The number of guanidine groups is 1. The molecule has 3 rings (SSSR count). The highest BCUT2D eigenvalue weighted by Gasteiger charge is 2.17. The Kier molecular flexibility index (Phi) is 7.93. The highest BCUT2D eigenvalue weighted by molar-refractivity contribution is 14.0. The molecule has 0 spiro atoms. The second kappa shape index (κ2) is 9.94. The fourth-order valence-electron chi connectivity index (χ4n) is 3.41. The number of piperidine rings is 1.